The highest BCUT2D eigenvalue weighted by atomic mass is 16.3. The van der Waals surface area contributed by atoms with Crippen LogP contribution in [0.25, 0.3) is 0 Å². The van der Waals surface area contributed by atoms with Crippen molar-refractivity contribution in [3.8, 4) is 0 Å². The highest BCUT2D eigenvalue weighted by molar-refractivity contribution is 5.77. The van der Waals surface area contributed by atoms with Crippen molar-refractivity contribution in [2.24, 2.45) is 0 Å². The maximum absolute atomic E-state index is 11.5. The Labute approximate surface area is 117 Å². The quantitative estimate of drug-likeness (QED) is 0.699. The molecule has 2 N–H and O–H groups in total. The number of piperazine rings is 1. The van der Waals surface area contributed by atoms with Crippen LogP contribution in [0.2, 0.25) is 0 Å². The van der Waals surface area contributed by atoms with Crippen LogP contribution in [-0.2, 0) is 4.79 Å². The Morgan fingerprint density at radius 2 is 1.63 bits per heavy atom. The maximum Gasteiger partial charge on any atom is 0.234 e. The molecule has 1 rings (SSSR count). The fourth-order valence-corrected chi connectivity index (χ4v) is 2.45. The smallest absolute Gasteiger partial charge is 0.234 e. The number of nitrogens with zero attached hydrogens (tertiary/aromatic N) is 2. The number of likely N-dealkylation sites (N-methyl/N-ethyl adjacent to an activating group) is 1. The van der Waals surface area contributed by atoms with Gasteiger partial charge in [0.15, 0.2) is 0 Å². The van der Waals surface area contributed by atoms with Gasteiger partial charge in [-0.2, -0.15) is 0 Å². The van der Waals surface area contributed by atoms with Crippen LogP contribution >= 0.6 is 0 Å². The van der Waals surface area contributed by atoms with Gasteiger partial charge in [0.1, 0.15) is 0 Å². The zero-order chi connectivity index (χ0) is 14.3. The standard InChI is InChI=1S/C14H29N3O2/c1-4-14(19,5-2)12-17-9-7-16(8-10-17)11-13(18)15-6-3/h19H,4-12H2,1-3H3,(H,15,18). The molecule has 112 valence electrons. The van der Waals surface area contributed by atoms with Crippen LogP contribution in [0.5, 0.6) is 0 Å². The van der Waals surface area contributed by atoms with Gasteiger partial charge in [-0.25, -0.2) is 0 Å². The number of rotatable bonds is 7. The first-order chi connectivity index (χ1) is 9.03. The largest absolute Gasteiger partial charge is 0.389 e. The summed E-state index contributed by atoms with van der Waals surface area (Å²) in [6.07, 6.45) is 1.59. The van der Waals surface area contributed by atoms with Crippen LogP contribution in [0.4, 0.5) is 0 Å². The molecule has 0 aromatic carbocycles. The van der Waals surface area contributed by atoms with E-state index in [0.717, 1.165) is 45.6 Å². The molecule has 1 amide bonds. The van der Waals surface area contributed by atoms with Crippen molar-refractivity contribution >= 4 is 5.91 Å². The molecule has 0 atom stereocenters. The van der Waals surface area contributed by atoms with Crippen LogP contribution in [0.15, 0.2) is 0 Å². The van der Waals surface area contributed by atoms with Crippen LogP contribution in [0.3, 0.4) is 0 Å². The Balaban J connectivity index is 2.31. The molecule has 0 bridgehead atoms. The fourth-order valence-electron chi connectivity index (χ4n) is 2.45. The Bertz CT molecular complexity index is 272. The highest BCUT2D eigenvalue weighted by Crippen LogP contribution is 2.17. The zero-order valence-corrected chi connectivity index (χ0v) is 12.6. The lowest BCUT2D eigenvalue weighted by Crippen LogP contribution is -2.53. The van der Waals surface area contributed by atoms with E-state index in [1.165, 1.54) is 0 Å². The highest BCUT2D eigenvalue weighted by Gasteiger charge is 2.27. The Hall–Kier alpha value is -0.650. The summed E-state index contributed by atoms with van der Waals surface area (Å²) in [4.78, 5) is 16.0. The lowest BCUT2D eigenvalue weighted by Gasteiger charge is -2.38. The summed E-state index contributed by atoms with van der Waals surface area (Å²) in [5.41, 5.74) is -0.554. The summed E-state index contributed by atoms with van der Waals surface area (Å²) in [7, 11) is 0. The number of aliphatic hydroxyl groups is 1. The van der Waals surface area contributed by atoms with E-state index in [4.69, 9.17) is 0 Å². The molecule has 1 saturated heterocycles. The summed E-state index contributed by atoms with van der Waals surface area (Å²) < 4.78 is 0. The third-order valence-corrected chi connectivity index (χ3v) is 4.04. The van der Waals surface area contributed by atoms with E-state index in [2.05, 4.69) is 15.1 Å². The molecule has 1 heterocycles. The Morgan fingerprint density at radius 3 is 2.11 bits per heavy atom. The van der Waals surface area contributed by atoms with Crippen molar-refractivity contribution in [2.75, 3.05) is 45.8 Å². The van der Waals surface area contributed by atoms with E-state index >= 15 is 0 Å². The molecule has 5 nitrogen and oxygen atoms in total. The number of nitrogens with one attached hydrogen (secondary N) is 1. The minimum absolute atomic E-state index is 0.106. The van der Waals surface area contributed by atoms with E-state index in [9.17, 15) is 9.90 Å². The molecule has 0 aromatic rings. The summed E-state index contributed by atoms with van der Waals surface area (Å²) in [5, 5.41) is 13.2. The molecule has 0 saturated carbocycles. The Kier molecular flexibility index (Phi) is 6.75. The second-order valence-corrected chi connectivity index (χ2v) is 5.44. The van der Waals surface area contributed by atoms with Crippen molar-refractivity contribution < 1.29 is 9.90 Å². The van der Waals surface area contributed by atoms with E-state index < -0.39 is 5.60 Å². The summed E-state index contributed by atoms with van der Waals surface area (Å²) >= 11 is 0. The zero-order valence-electron chi connectivity index (χ0n) is 12.6. The van der Waals surface area contributed by atoms with Gasteiger partial charge in [-0.3, -0.25) is 14.6 Å². The first kappa shape index (κ1) is 16.4. The van der Waals surface area contributed by atoms with Gasteiger partial charge < -0.3 is 10.4 Å². The number of amides is 1. The third kappa shape index (κ3) is 5.47. The van der Waals surface area contributed by atoms with Gasteiger partial charge in [-0.1, -0.05) is 13.8 Å². The van der Waals surface area contributed by atoms with Crippen LogP contribution in [-0.4, -0.2) is 72.2 Å². The average Bonchev–Trinajstić information content (AvgIpc) is 2.41. The molecule has 0 unspecified atom stereocenters. The number of carbonyl (C=O) groups is 1. The van der Waals surface area contributed by atoms with Crippen molar-refractivity contribution in [2.45, 2.75) is 39.2 Å². The van der Waals surface area contributed by atoms with E-state index in [-0.39, 0.29) is 5.91 Å². The first-order valence-electron chi connectivity index (χ1n) is 7.46. The van der Waals surface area contributed by atoms with Gasteiger partial charge in [-0.05, 0) is 19.8 Å². The SMILES string of the molecule is CCNC(=O)CN1CCN(CC(O)(CC)CC)CC1. The first-order valence-corrected chi connectivity index (χ1v) is 7.46. The molecule has 0 spiro atoms. The predicted molar refractivity (Wildman–Crippen MR) is 77.1 cm³/mol. The second-order valence-electron chi connectivity index (χ2n) is 5.44. The molecule has 0 radical (unpaired) electrons. The van der Waals surface area contributed by atoms with Crippen LogP contribution in [0.1, 0.15) is 33.6 Å². The number of hydrogen-bond donors (Lipinski definition) is 2. The van der Waals surface area contributed by atoms with E-state index in [1.807, 2.05) is 20.8 Å². The minimum atomic E-state index is -0.554. The molecule has 1 fully saturated rings. The minimum Gasteiger partial charge on any atom is -0.389 e. The summed E-state index contributed by atoms with van der Waals surface area (Å²) in [5.74, 6) is 0.106. The van der Waals surface area contributed by atoms with Gasteiger partial charge in [0, 0.05) is 39.3 Å². The van der Waals surface area contributed by atoms with Gasteiger partial charge >= 0.3 is 0 Å². The third-order valence-electron chi connectivity index (χ3n) is 4.04. The van der Waals surface area contributed by atoms with Crippen molar-refractivity contribution in [1.29, 1.82) is 0 Å². The molecule has 1 aliphatic rings. The van der Waals surface area contributed by atoms with E-state index in [1.54, 1.807) is 0 Å². The predicted octanol–water partition coefficient (Wildman–Crippen LogP) is 0.291. The number of β-amino-alcohol motifs (C(OH)–C–C–N with tert-alkyl or cyclic N) is 1. The lowest BCUT2D eigenvalue weighted by molar-refractivity contribution is -0.122. The average molecular weight is 271 g/mol. The van der Waals surface area contributed by atoms with Gasteiger partial charge in [0.2, 0.25) is 5.91 Å². The Morgan fingerprint density at radius 1 is 1.11 bits per heavy atom. The van der Waals surface area contributed by atoms with Gasteiger partial charge in [0.05, 0.1) is 12.1 Å². The molecule has 0 aliphatic carbocycles. The molecular formula is C14H29N3O2. The number of hydrogen-bond acceptors (Lipinski definition) is 4. The van der Waals surface area contributed by atoms with Crippen LogP contribution in [0, 0.1) is 0 Å². The molecule has 5 heteroatoms. The van der Waals surface area contributed by atoms with E-state index in [0.29, 0.717) is 13.1 Å². The molecule has 0 aromatic heterocycles. The number of carbonyl (C=O) groups excluding carboxylic acids is 1. The fraction of sp³-hybridized carbons (Fsp3) is 0.929. The van der Waals surface area contributed by atoms with Crippen LogP contribution < -0.4 is 5.32 Å². The topological polar surface area (TPSA) is 55.8 Å². The normalized spacial score (nSPS) is 18.5. The van der Waals surface area contributed by atoms with Crippen molar-refractivity contribution in [1.82, 2.24) is 15.1 Å². The van der Waals surface area contributed by atoms with Crippen molar-refractivity contribution in [3.05, 3.63) is 0 Å². The maximum atomic E-state index is 11.5. The molecule has 1 aliphatic heterocycles. The summed E-state index contributed by atoms with van der Waals surface area (Å²) in [6, 6.07) is 0. The monoisotopic (exact) mass is 271 g/mol. The second kappa shape index (κ2) is 7.82. The van der Waals surface area contributed by atoms with Gasteiger partial charge in [-0.15, -0.1) is 0 Å². The molecular weight excluding hydrogens is 242 g/mol. The van der Waals surface area contributed by atoms with Gasteiger partial charge in [0.25, 0.3) is 0 Å². The van der Waals surface area contributed by atoms with Crippen molar-refractivity contribution in [3.63, 3.8) is 0 Å². The summed E-state index contributed by atoms with van der Waals surface area (Å²) in [6.45, 7) is 11.6. The molecule has 19 heavy (non-hydrogen) atoms. The lowest BCUT2D eigenvalue weighted by atomic mass is 9.96.